The molecule has 0 aliphatic carbocycles. The lowest BCUT2D eigenvalue weighted by Crippen LogP contribution is -2.09. The van der Waals surface area contributed by atoms with Gasteiger partial charge in [0.1, 0.15) is 15.5 Å². The number of rotatable bonds is 9. The van der Waals surface area contributed by atoms with Crippen molar-refractivity contribution in [3.05, 3.63) is 200 Å². The van der Waals surface area contributed by atoms with Crippen molar-refractivity contribution in [1.82, 2.24) is 15.0 Å². The number of nitrogens with zero attached hydrogens (tertiary/aromatic N) is 5. The second-order valence-corrected chi connectivity index (χ2v) is 16.2. The summed E-state index contributed by atoms with van der Waals surface area (Å²) in [6, 6.07) is 69.2. The predicted molar refractivity (Wildman–Crippen MR) is 246 cm³/mol. The van der Waals surface area contributed by atoms with Gasteiger partial charge in [-0.15, -0.1) is 22.7 Å². The van der Waals surface area contributed by atoms with Crippen LogP contribution in [0.2, 0.25) is 0 Å². The Hall–Kier alpha value is -7.39. The van der Waals surface area contributed by atoms with E-state index in [1.54, 1.807) is 22.7 Å². The third-order valence-electron chi connectivity index (χ3n) is 10.4. The molecule has 8 aromatic carbocycles. The number of oxazole rings is 1. The van der Waals surface area contributed by atoms with Gasteiger partial charge in [0.25, 0.3) is 0 Å². The van der Waals surface area contributed by atoms with Crippen molar-refractivity contribution >= 4 is 88.3 Å². The van der Waals surface area contributed by atoms with Crippen molar-refractivity contribution in [3.8, 4) is 32.6 Å². The Bertz CT molecular complexity index is 3150. The van der Waals surface area contributed by atoms with Crippen LogP contribution in [0.25, 0.3) is 64.1 Å². The van der Waals surface area contributed by atoms with Crippen molar-refractivity contribution in [2.75, 3.05) is 9.80 Å². The molecule has 0 saturated heterocycles. The predicted octanol–water partition coefficient (Wildman–Crippen LogP) is 15.0. The molecule has 0 fully saturated rings. The Balaban J connectivity index is 0.892. The van der Waals surface area contributed by atoms with Gasteiger partial charge in [-0.05, 0) is 133 Å². The van der Waals surface area contributed by atoms with Gasteiger partial charge in [0, 0.05) is 56.9 Å². The van der Waals surface area contributed by atoms with Crippen LogP contribution in [0.5, 0.6) is 0 Å². The van der Waals surface area contributed by atoms with Gasteiger partial charge in [0.2, 0.25) is 5.89 Å². The highest BCUT2D eigenvalue weighted by Crippen LogP contribution is 2.40. The molecule has 0 aliphatic rings. The summed E-state index contributed by atoms with van der Waals surface area (Å²) in [7, 11) is 0. The quantitative estimate of drug-likeness (QED) is 0.145. The Morgan fingerprint density at radius 1 is 0.339 bits per heavy atom. The van der Waals surface area contributed by atoms with Crippen molar-refractivity contribution in [3.63, 3.8) is 0 Å². The molecule has 0 atom stereocenters. The minimum absolute atomic E-state index is 0.571. The number of fused-ring (bicyclic) bond motifs is 3. The number of hydrogen-bond donors (Lipinski definition) is 0. The molecule has 6 nitrogen and oxygen atoms in total. The molecule has 280 valence electrons. The molecular weight excluding hydrogens is 763 g/mol. The largest absolute Gasteiger partial charge is 0.436 e. The fraction of sp³-hybridized carbons (Fsp3) is 0. The third kappa shape index (κ3) is 6.70. The maximum Gasteiger partial charge on any atom is 0.227 e. The lowest BCUT2D eigenvalue weighted by molar-refractivity contribution is 0.620. The van der Waals surface area contributed by atoms with Gasteiger partial charge in [0.15, 0.2) is 5.58 Å². The van der Waals surface area contributed by atoms with E-state index < -0.39 is 0 Å². The average Bonchev–Trinajstić information content (AvgIpc) is 4.05. The van der Waals surface area contributed by atoms with Gasteiger partial charge in [-0.25, -0.2) is 15.0 Å². The standard InChI is InChI=1S/C51H33N5OS2/c1-3-11-37(12-4-1)55(40-27-21-35(22-28-40)50-53-44-15-7-9-17-47(44)58-50)39-25-19-34(20-26-39)49-52-43-32-31-42(33-46(43)57-49)56(38-13-5-2-6-14-38)41-29-23-36(24-30-41)51-54-45-16-8-10-18-48(45)59-51/h1-33H. The molecule has 3 aromatic heterocycles. The minimum atomic E-state index is 0.571. The lowest BCUT2D eigenvalue weighted by atomic mass is 10.1. The SMILES string of the molecule is c1ccc(N(c2ccc(-c3nc4ccc(N(c5ccccc5)c5ccc(-c6nc7ccccc7s6)cc5)cc4o3)cc2)c2ccc(-c3nc4ccccc4s3)cc2)cc1. The molecule has 0 aliphatic heterocycles. The van der Waals surface area contributed by atoms with Crippen LogP contribution in [0.1, 0.15) is 0 Å². The first-order valence-electron chi connectivity index (χ1n) is 19.3. The molecule has 8 heteroatoms. The highest BCUT2D eigenvalue weighted by atomic mass is 32.1. The van der Waals surface area contributed by atoms with Crippen LogP contribution in [-0.4, -0.2) is 15.0 Å². The zero-order valence-electron chi connectivity index (χ0n) is 31.5. The number of hydrogen-bond acceptors (Lipinski definition) is 8. The topological polar surface area (TPSA) is 58.3 Å². The van der Waals surface area contributed by atoms with Gasteiger partial charge >= 0.3 is 0 Å². The van der Waals surface area contributed by atoms with E-state index in [1.807, 2.05) is 30.3 Å². The minimum Gasteiger partial charge on any atom is -0.436 e. The lowest BCUT2D eigenvalue weighted by Gasteiger charge is -2.25. The number of para-hydroxylation sites is 4. The maximum absolute atomic E-state index is 6.51. The summed E-state index contributed by atoms with van der Waals surface area (Å²) >= 11 is 3.43. The summed E-state index contributed by atoms with van der Waals surface area (Å²) in [6.45, 7) is 0. The van der Waals surface area contributed by atoms with Crippen molar-refractivity contribution in [2.24, 2.45) is 0 Å². The molecule has 0 unspecified atom stereocenters. The summed E-state index contributed by atoms with van der Waals surface area (Å²) in [5.74, 6) is 0.571. The fourth-order valence-electron chi connectivity index (χ4n) is 7.48. The zero-order valence-corrected chi connectivity index (χ0v) is 33.1. The van der Waals surface area contributed by atoms with Gasteiger partial charge in [-0.2, -0.15) is 0 Å². The molecule has 0 saturated carbocycles. The average molecular weight is 796 g/mol. The van der Waals surface area contributed by atoms with Crippen molar-refractivity contribution in [1.29, 1.82) is 0 Å². The van der Waals surface area contributed by atoms with Crippen molar-refractivity contribution in [2.45, 2.75) is 0 Å². The van der Waals surface area contributed by atoms with Crippen LogP contribution in [0.3, 0.4) is 0 Å². The summed E-state index contributed by atoms with van der Waals surface area (Å²) < 4.78 is 8.88. The van der Waals surface area contributed by atoms with Crippen LogP contribution in [0.15, 0.2) is 205 Å². The first kappa shape index (κ1) is 34.8. The summed E-state index contributed by atoms with van der Waals surface area (Å²) in [5, 5.41) is 2.03. The second kappa shape index (κ2) is 14.8. The number of anilines is 6. The highest BCUT2D eigenvalue weighted by Gasteiger charge is 2.18. The smallest absolute Gasteiger partial charge is 0.227 e. The molecule has 11 rings (SSSR count). The van der Waals surface area contributed by atoms with Gasteiger partial charge in [-0.3, -0.25) is 0 Å². The monoisotopic (exact) mass is 795 g/mol. The van der Waals surface area contributed by atoms with E-state index in [1.165, 1.54) is 9.40 Å². The van der Waals surface area contributed by atoms with Gasteiger partial charge in [0.05, 0.1) is 20.4 Å². The van der Waals surface area contributed by atoms with E-state index in [4.69, 9.17) is 19.4 Å². The number of thiazole rings is 2. The molecule has 0 radical (unpaired) electrons. The van der Waals surface area contributed by atoms with Crippen LogP contribution < -0.4 is 9.80 Å². The van der Waals surface area contributed by atoms with Crippen LogP contribution >= 0.6 is 22.7 Å². The zero-order chi connectivity index (χ0) is 39.1. The molecular formula is C51H33N5OS2. The Labute approximate surface area is 348 Å². The van der Waals surface area contributed by atoms with E-state index in [-0.39, 0.29) is 0 Å². The molecule has 59 heavy (non-hydrogen) atoms. The first-order chi connectivity index (χ1) is 29.2. The van der Waals surface area contributed by atoms with Crippen molar-refractivity contribution < 1.29 is 4.42 Å². The summed E-state index contributed by atoms with van der Waals surface area (Å²) in [4.78, 5) is 19.2. The number of benzene rings is 8. The molecule has 11 aromatic rings. The normalized spacial score (nSPS) is 11.4. The van der Waals surface area contributed by atoms with E-state index in [0.717, 1.165) is 77.4 Å². The fourth-order valence-corrected chi connectivity index (χ4v) is 9.42. The molecule has 0 N–H and O–H groups in total. The third-order valence-corrected chi connectivity index (χ3v) is 12.5. The molecule has 3 heterocycles. The van der Waals surface area contributed by atoms with Gasteiger partial charge < -0.3 is 14.2 Å². The Morgan fingerprint density at radius 3 is 1.24 bits per heavy atom. The van der Waals surface area contributed by atoms with E-state index in [0.29, 0.717) is 11.5 Å². The second-order valence-electron chi connectivity index (χ2n) is 14.1. The van der Waals surface area contributed by atoms with E-state index in [2.05, 4.69) is 180 Å². The Kier molecular flexibility index (Phi) is 8.76. The Morgan fingerprint density at radius 2 is 0.746 bits per heavy atom. The first-order valence-corrected chi connectivity index (χ1v) is 21.0. The van der Waals surface area contributed by atoms with Crippen LogP contribution in [0.4, 0.5) is 34.1 Å². The number of aromatic nitrogens is 3. The van der Waals surface area contributed by atoms with E-state index in [9.17, 15) is 0 Å². The van der Waals surface area contributed by atoms with E-state index >= 15 is 0 Å². The van der Waals surface area contributed by atoms with Crippen LogP contribution in [0, 0.1) is 0 Å². The van der Waals surface area contributed by atoms with Crippen LogP contribution in [-0.2, 0) is 0 Å². The maximum atomic E-state index is 6.51. The molecule has 0 spiro atoms. The van der Waals surface area contributed by atoms with Gasteiger partial charge in [-0.1, -0.05) is 60.7 Å². The highest BCUT2D eigenvalue weighted by molar-refractivity contribution is 7.22. The summed E-state index contributed by atoms with van der Waals surface area (Å²) in [5.41, 5.74) is 12.9. The molecule has 0 amide bonds. The summed E-state index contributed by atoms with van der Waals surface area (Å²) in [6.07, 6.45) is 0. The molecule has 0 bridgehead atoms.